The van der Waals surface area contributed by atoms with Crippen molar-refractivity contribution in [2.24, 2.45) is 5.92 Å². The molecule has 2 amide bonds. The van der Waals surface area contributed by atoms with Gasteiger partial charge in [0.05, 0.1) is 6.54 Å². The van der Waals surface area contributed by atoms with E-state index >= 15 is 0 Å². The average molecular weight is 289 g/mol. The lowest BCUT2D eigenvalue weighted by atomic mass is 9.86. The number of carbonyl (C=O) groups excluding carboxylic acids is 2. The third kappa shape index (κ3) is 4.13. The van der Waals surface area contributed by atoms with E-state index in [2.05, 4.69) is 10.6 Å². The zero-order valence-corrected chi connectivity index (χ0v) is 11.5. The Kier molecular flexibility index (Phi) is 4.91. The summed E-state index contributed by atoms with van der Waals surface area (Å²) < 4.78 is 26.0. The van der Waals surface area contributed by atoms with Crippen LogP contribution < -0.4 is 10.6 Å². The van der Waals surface area contributed by atoms with Gasteiger partial charge in [0.1, 0.15) is 0 Å². The number of hydrogen-bond acceptors (Lipinski definition) is 3. The first-order valence-corrected chi connectivity index (χ1v) is 7.12. The molecule has 2 N–H and O–H groups in total. The molecule has 0 atom stereocenters. The average Bonchev–Trinajstić information content (AvgIpc) is 2.45. The van der Waals surface area contributed by atoms with E-state index in [1.54, 1.807) is 4.90 Å². The molecule has 1 aliphatic carbocycles. The topological polar surface area (TPSA) is 61.4 Å². The quantitative estimate of drug-likeness (QED) is 0.788. The van der Waals surface area contributed by atoms with Crippen LogP contribution in [0.4, 0.5) is 8.78 Å². The number of nitrogens with one attached hydrogen (secondary N) is 2. The van der Waals surface area contributed by atoms with Gasteiger partial charge in [0.2, 0.25) is 17.7 Å². The maximum absolute atomic E-state index is 13.0. The third-order valence-electron chi connectivity index (χ3n) is 3.97. The van der Waals surface area contributed by atoms with Crippen LogP contribution in [0.3, 0.4) is 0 Å². The summed E-state index contributed by atoms with van der Waals surface area (Å²) >= 11 is 0. The first-order chi connectivity index (χ1) is 9.48. The van der Waals surface area contributed by atoms with Crippen LogP contribution in [-0.4, -0.2) is 55.4 Å². The van der Waals surface area contributed by atoms with Crippen LogP contribution in [-0.2, 0) is 9.59 Å². The van der Waals surface area contributed by atoms with Crippen molar-refractivity contribution in [3.05, 3.63) is 0 Å². The van der Waals surface area contributed by atoms with Crippen molar-refractivity contribution < 1.29 is 18.4 Å². The predicted molar refractivity (Wildman–Crippen MR) is 69.4 cm³/mol. The molecule has 5 nitrogen and oxygen atoms in total. The standard InChI is InChI=1S/C13H21F2N3O2/c14-13(15)3-1-10(2-4-13)12(20)17-9-11(19)18-7-5-16-6-8-18/h10,16H,1-9H2,(H,17,20). The molecule has 0 aromatic carbocycles. The molecule has 1 saturated carbocycles. The van der Waals surface area contributed by atoms with E-state index in [4.69, 9.17) is 0 Å². The molecule has 0 aromatic heterocycles. The van der Waals surface area contributed by atoms with Crippen LogP contribution in [0.15, 0.2) is 0 Å². The minimum Gasteiger partial charge on any atom is -0.347 e. The molecule has 0 spiro atoms. The summed E-state index contributed by atoms with van der Waals surface area (Å²) in [7, 11) is 0. The first kappa shape index (κ1) is 15.2. The molecule has 0 aromatic rings. The van der Waals surface area contributed by atoms with Crippen molar-refractivity contribution in [3.63, 3.8) is 0 Å². The molecule has 1 aliphatic heterocycles. The fourth-order valence-corrected chi connectivity index (χ4v) is 2.64. The molecule has 0 bridgehead atoms. The first-order valence-electron chi connectivity index (χ1n) is 7.12. The number of hydrogen-bond donors (Lipinski definition) is 2. The maximum Gasteiger partial charge on any atom is 0.248 e. The van der Waals surface area contributed by atoms with Crippen LogP contribution in [0.2, 0.25) is 0 Å². The predicted octanol–water partition coefficient (Wildman–Crippen LogP) is 0.360. The molecule has 0 unspecified atom stereocenters. The minimum absolute atomic E-state index is 0.0360. The van der Waals surface area contributed by atoms with Crippen molar-refractivity contribution in [2.75, 3.05) is 32.7 Å². The Morgan fingerprint density at radius 1 is 1.20 bits per heavy atom. The van der Waals surface area contributed by atoms with E-state index in [0.29, 0.717) is 13.1 Å². The van der Waals surface area contributed by atoms with Crippen molar-refractivity contribution in [1.82, 2.24) is 15.5 Å². The lowest BCUT2D eigenvalue weighted by Crippen LogP contribution is -2.50. The van der Waals surface area contributed by atoms with E-state index in [1.807, 2.05) is 0 Å². The number of alkyl halides is 2. The molecule has 0 radical (unpaired) electrons. The van der Waals surface area contributed by atoms with Crippen molar-refractivity contribution in [1.29, 1.82) is 0 Å². The summed E-state index contributed by atoms with van der Waals surface area (Å²) in [5, 5.41) is 5.72. The summed E-state index contributed by atoms with van der Waals surface area (Å²) in [6, 6.07) is 0. The van der Waals surface area contributed by atoms with E-state index in [0.717, 1.165) is 13.1 Å². The Hall–Kier alpha value is -1.24. The Labute approximate surface area is 117 Å². The summed E-state index contributed by atoms with van der Waals surface area (Å²) in [5.41, 5.74) is 0. The maximum atomic E-state index is 13.0. The number of nitrogens with zero attached hydrogens (tertiary/aromatic N) is 1. The largest absolute Gasteiger partial charge is 0.347 e. The number of piperazine rings is 1. The van der Waals surface area contributed by atoms with Crippen LogP contribution in [0, 0.1) is 5.92 Å². The zero-order valence-electron chi connectivity index (χ0n) is 11.5. The molecule has 1 saturated heterocycles. The second kappa shape index (κ2) is 6.47. The van der Waals surface area contributed by atoms with Gasteiger partial charge in [-0.1, -0.05) is 0 Å². The number of rotatable bonds is 3. The van der Waals surface area contributed by atoms with Gasteiger partial charge in [-0.3, -0.25) is 9.59 Å². The van der Waals surface area contributed by atoms with Gasteiger partial charge in [0.15, 0.2) is 0 Å². The molecule has 114 valence electrons. The lowest BCUT2D eigenvalue weighted by Gasteiger charge is -2.29. The molecule has 1 heterocycles. The van der Waals surface area contributed by atoms with Gasteiger partial charge < -0.3 is 15.5 Å². The number of amides is 2. The Morgan fingerprint density at radius 3 is 2.40 bits per heavy atom. The van der Waals surface area contributed by atoms with E-state index in [9.17, 15) is 18.4 Å². The summed E-state index contributed by atoms with van der Waals surface area (Å²) in [4.78, 5) is 25.4. The Bertz CT molecular complexity index is 361. The second-order valence-corrected chi connectivity index (χ2v) is 5.48. The van der Waals surface area contributed by atoms with Gasteiger partial charge >= 0.3 is 0 Å². The van der Waals surface area contributed by atoms with Crippen LogP contribution >= 0.6 is 0 Å². The molecule has 2 fully saturated rings. The van der Waals surface area contributed by atoms with E-state index < -0.39 is 5.92 Å². The van der Waals surface area contributed by atoms with Gasteiger partial charge in [-0.05, 0) is 12.8 Å². The number of carbonyl (C=O) groups is 2. The molecule has 2 rings (SSSR count). The van der Waals surface area contributed by atoms with Gasteiger partial charge in [-0.15, -0.1) is 0 Å². The SMILES string of the molecule is O=C(NCC(=O)N1CCNCC1)C1CCC(F)(F)CC1. The fourth-order valence-electron chi connectivity index (χ4n) is 2.64. The molecule has 2 aliphatic rings. The van der Waals surface area contributed by atoms with Crippen molar-refractivity contribution >= 4 is 11.8 Å². The lowest BCUT2D eigenvalue weighted by molar-refractivity contribution is -0.135. The molecular weight excluding hydrogens is 268 g/mol. The van der Waals surface area contributed by atoms with Gasteiger partial charge in [0, 0.05) is 44.9 Å². The Morgan fingerprint density at radius 2 is 1.80 bits per heavy atom. The van der Waals surface area contributed by atoms with Crippen LogP contribution in [0.25, 0.3) is 0 Å². The van der Waals surface area contributed by atoms with Gasteiger partial charge in [0.25, 0.3) is 0 Å². The third-order valence-corrected chi connectivity index (χ3v) is 3.97. The molecule has 7 heteroatoms. The monoisotopic (exact) mass is 289 g/mol. The highest BCUT2D eigenvalue weighted by molar-refractivity contribution is 5.85. The zero-order chi connectivity index (χ0) is 14.6. The highest BCUT2D eigenvalue weighted by Gasteiger charge is 2.37. The van der Waals surface area contributed by atoms with Crippen LogP contribution in [0.1, 0.15) is 25.7 Å². The summed E-state index contributed by atoms with van der Waals surface area (Å²) in [6.07, 6.45) is -0.0883. The molecule has 20 heavy (non-hydrogen) atoms. The summed E-state index contributed by atoms with van der Waals surface area (Å²) in [5.74, 6) is -3.40. The highest BCUT2D eigenvalue weighted by atomic mass is 19.3. The number of halogens is 2. The van der Waals surface area contributed by atoms with Crippen molar-refractivity contribution in [2.45, 2.75) is 31.6 Å². The molecular formula is C13H21F2N3O2. The highest BCUT2D eigenvalue weighted by Crippen LogP contribution is 2.36. The van der Waals surface area contributed by atoms with Crippen molar-refractivity contribution in [3.8, 4) is 0 Å². The summed E-state index contributed by atoms with van der Waals surface area (Å²) in [6.45, 7) is 2.77. The van der Waals surface area contributed by atoms with Gasteiger partial charge in [-0.2, -0.15) is 0 Å². The second-order valence-electron chi connectivity index (χ2n) is 5.48. The Balaban J connectivity index is 1.71. The fraction of sp³-hybridized carbons (Fsp3) is 0.846. The smallest absolute Gasteiger partial charge is 0.248 e. The van der Waals surface area contributed by atoms with Crippen LogP contribution in [0.5, 0.6) is 0 Å². The van der Waals surface area contributed by atoms with E-state index in [1.165, 1.54) is 0 Å². The van der Waals surface area contributed by atoms with Gasteiger partial charge in [-0.25, -0.2) is 8.78 Å². The van der Waals surface area contributed by atoms with E-state index in [-0.39, 0.29) is 50.0 Å². The normalized spacial score (nSPS) is 23.4. The minimum atomic E-state index is -2.63.